The van der Waals surface area contributed by atoms with E-state index >= 15 is 0 Å². The summed E-state index contributed by atoms with van der Waals surface area (Å²) in [7, 11) is 0. The molecule has 0 N–H and O–H groups in total. The highest BCUT2D eigenvalue weighted by Gasteiger charge is 2.93. The van der Waals surface area contributed by atoms with Crippen molar-refractivity contribution >= 4 is 0 Å². The average molecular weight is 138 g/mol. The smallest absolute Gasteiger partial charge is 0.0176 e. The van der Waals surface area contributed by atoms with Crippen LogP contribution < -0.4 is 0 Å². The summed E-state index contributed by atoms with van der Waals surface area (Å²) >= 11 is 0. The number of fused-ring (bicyclic) bond motifs is 1. The Kier molecular flexibility index (Phi) is 0.797. The summed E-state index contributed by atoms with van der Waals surface area (Å²) in [4.78, 5) is 0. The Morgan fingerprint density at radius 3 is 1.60 bits per heavy atom. The van der Waals surface area contributed by atoms with E-state index in [-0.39, 0.29) is 0 Å². The molecule has 0 heterocycles. The van der Waals surface area contributed by atoms with Gasteiger partial charge in [-0.25, -0.2) is 0 Å². The molecule has 0 heteroatoms. The zero-order valence-corrected chi connectivity index (χ0v) is 7.78. The molecule has 0 bridgehead atoms. The molecule has 0 aromatic carbocycles. The van der Waals surface area contributed by atoms with Crippen LogP contribution in [0.25, 0.3) is 0 Å². The summed E-state index contributed by atoms with van der Waals surface area (Å²) in [5, 5.41) is 0. The highest BCUT2D eigenvalue weighted by molar-refractivity contribution is 5.40. The van der Waals surface area contributed by atoms with Crippen LogP contribution in [0, 0.1) is 22.2 Å². The minimum atomic E-state index is 0.678. The van der Waals surface area contributed by atoms with E-state index in [1.807, 2.05) is 0 Å². The molecular weight excluding hydrogens is 120 g/mol. The maximum absolute atomic E-state index is 2.46. The van der Waals surface area contributed by atoms with Crippen molar-refractivity contribution in [1.82, 2.24) is 0 Å². The Hall–Kier alpha value is 0. The monoisotopic (exact) mass is 138 g/mol. The van der Waals surface area contributed by atoms with E-state index in [4.69, 9.17) is 0 Å². The van der Waals surface area contributed by atoms with Gasteiger partial charge in [-0.15, -0.1) is 0 Å². The Labute approximate surface area is 64.0 Å². The molecule has 2 saturated carbocycles. The number of rotatable bonds is 1. The highest BCUT2D eigenvalue weighted by atomic mass is 15.0. The van der Waals surface area contributed by atoms with E-state index in [0.29, 0.717) is 5.41 Å². The second kappa shape index (κ2) is 1.19. The second-order valence-corrected chi connectivity index (χ2v) is 5.13. The molecule has 0 aromatic rings. The van der Waals surface area contributed by atoms with Gasteiger partial charge >= 0.3 is 0 Å². The summed E-state index contributed by atoms with van der Waals surface area (Å²) in [6.07, 6.45) is 1.37. The van der Waals surface area contributed by atoms with Crippen molar-refractivity contribution in [3.8, 4) is 0 Å². The summed E-state index contributed by atoms with van der Waals surface area (Å²) < 4.78 is 0. The van der Waals surface area contributed by atoms with Crippen LogP contribution >= 0.6 is 0 Å². The van der Waals surface area contributed by atoms with E-state index < -0.39 is 0 Å². The minimum Gasteiger partial charge on any atom is -0.0648 e. The van der Waals surface area contributed by atoms with Crippen LogP contribution in [0.15, 0.2) is 0 Å². The lowest BCUT2D eigenvalue weighted by molar-refractivity contribution is 0.184. The van der Waals surface area contributed by atoms with Gasteiger partial charge in [0.05, 0.1) is 0 Å². The summed E-state index contributed by atoms with van der Waals surface area (Å²) in [5.74, 6) is 1.04. The molecule has 0 amide bonds. The zero-order valence-electron chi connectivity index (χ0n) is 7.78. The molecule has 10 heavy (non-hydrogen) atoms. The van der Waals surface area contributed by atoms with Crippen molar-refractivity contribution in [2.45, 2.75) is 41.0 Å². The predicted octanol–water partition coefficient (Wildman–Crippen LogP) is 3.08. The van der Waals surface area contributed by atoms with Gasteiger partial charge in [-0.3, -0.25) is 0 Å². The SMILES string of the molecule is CCC1(C)C2C(C)(C)C21C. The van der Waals surface area contributed by atoms with Crippen molar-refractivity contribution in [2.75, 3.05) is 0 Å². The molecule has 58 valence electrons. The van der Waals surface area contributed by atoms with Gasteiger partial charge in [-0.1, -0.05) is 34.6 Å². The fourth-order valence-electron chi connectivity index (χ4n) is 3.88. The maximum Gasteiger partial charge on any atom is -0.0176 e. The minimum absolute atomic E-state index is 0.678. The molecule has 0 nitrogen and oxygen atoms in total. The molecule has 0 radical (unpaired) electrons. The fourth-order valence-corrected chi connectivity index (χ4v) is 3.88. The van der Waals surface area contributed by atoms with Crippen LogP contribution in [0.3, 0.4) is 0 Å². The second-order valence-electron chi connectivity index (χ2n) is 5.13. The maximum atomic E-state index is 2.46. The molecule has 0 spiro atoms. The third-order valence-electron chi connectivity index (χ3n) is 5.03. The van der Waals surface area contributed by atoms with Crippen molar-refractivity contribution in [2.24, 2.45) is 22.2 Å². The molecule has 0 aliphatic heterocycles. The molecule has 2 aliphatic carbocycles. The van der Waals surface area contributed by atoms with Crippen LogP contribution in [-0.4, -0.2) is 0 Å². The first-order valence-corrected chi connectivity index (χ1v) is 4.43. The zero-order chi connectivity index (χ0) is 7.78. The van der Waals surface area contributed by atoms with Crippen LogP contribution in [0.4, 0.5) is 0 Å². The van der Waals surface area contributed by atoms with Crippen LogP contribution in [0.5, 0.6) is 0 Å². The van der Waals surface area contributed by atoms with Crippen molar-refractivity contribution in [3.05, 3.63) is 0 Å². The van der Waals surface area contributed by atoms with Gasteiger partial charge in [0.1, 0.15) is 0 Å². The first-order valence-electron chi connectivity index (χ1n) is 4.43. The Balaban J connectivity index is 2.20. The summed E-state index contributed by atoms with van der Waals surface area (Å²) in [6.45, 7) is 12.1. The van der Waals surface area contributed by atoms with E-state index in [2.05, 4.69) is 34.6 Å². The van der Waals surface area contributed by atoms with Gasteiger partial charge in [-0.05, 0) is 28.6 Å². The lowest BCUT2D eigenvalue weighted by atomic mass is 9.74. The van der Waals surface area contributed by atoms with Crippen molar-refractivity contribution < 1.29 is 0 Å². The van der Waals surface area contributed by atoms with Gasteiger partial charge in [0.15, 0.2) is 0 Å². The first-order chi connectivity index (χ1) is 4.43. The molecular formula is C10H18. The fraction of sp³-hybridized carbons (Fsp3) is 1.00. The Bertz CT molecular complexity index is 192. The molecule has 2 fully saturated rings. The van der Waals surface area contributed by atoms with Gasteiger partial charge in [0.25, 0.3) is 0 Å². The van der Waals surface area contributed by atoms with Gasteiger partial charge in [0.2, 0.25) is 0 Å². The van der Waals surface area contributed by atoms with E-state index in [1.54, 1.807) is 0 Å². The van der Waals surface area contributed by atoms with Crippen molar-refractivity contribution in [3.63, 3.8) is 0 Å². The number of hydrogen-bond acceptors (Lipinski definition) is 0. The van der Waals surface area contributed by atoms with Gasteiger partial charge < -0.3 is 0 Å². The highest BCUT2D eigenvalue weighted by Crippen LogP contribution is 2.98. The Morgan fingerprint density at radius 2 is 1.50 bits per heavy atom. The quantitative estimate of drug-likeness (QED) is 0.522. The molecule has 2 aliphatic rings. The topological polar surface area (TPSA) is 0 Å². The molecule has 0 saturated heterocycles. The predicted molar refractivity (Wildman–Crippen MR) is 43.8 cm³/mol. The third kappa shape index (κ3) is 0.320. The Morgan fingerprint density at radius 1 is 1.10 bits per heavy atom. The lowest BCUT2D eigenvalue weighted by Gasteiger charge is -2.30. The summed E-state index contributed by atoms with van der Waals surface area (Å²) in [6, 6.07) is 0. The first kappa shape index (κ1) is 6.69. The standard InChI is InChI=1S/C10H18/c1-6-9(4)7-8(2,3)10(7,9)5/h7H,6H2,1-5H3. The largest absolute Gasteiger partial charge is 0.0648 e. The van der Waals surface area contributed by atoms with Gasteiger partial charge in [-0.2, -0.15) is 0 Å². The summed E-state index contributed by atoms with van der Waals surface area (Å²) in [5.41, 5.74) is 2.11. The molecule has 0 aromatic heterocycles. The van der Waals surface area contributed by atoms with Gasteiger partial charge in [0, 0.05) is 0 Å². The van der Waals surface area contributed by atoms with E-state index in [0.717, 1.165) is 16.7 Å². The molecule has 2 rings (SSSR count). The average Bonchev–Trinajstić information content (AvgIpc) is 2.52. The van der Waals surface area contributed by atoms with E-state index in [1.165, 1.54) is 6.42 Å². The van der Waals surface area contributed by atoms with Crippen LogP contribution in [0.2, 0.25) is 0 Å². The lowest BCUT2D eigenvalue weighted by Crippen LogP contribution is -2.23. The van der Waals surface area contributed by atoms with Crippen molar-refractivity contribution in [1.29, 1.82) is 0 Å². The van der Waals surface area contributed by atoms with Crippen LogP contribution in [0.1, 0.15) is 41.0 Å². The van der Waals surface area contributed by atoms with E-state index in [9.17, 15) is 0 Å². The third-order valence-corrected chi connectivity index (χ3v) is 5.03. The van der Waals surface area contributed by atoms with Crippen LogP contribution in [-0.2, 0) is 0 Å². The molecule has 3 atom stereocenters. The molecule has 3 unspecified atom stereocenters. The number of hydrogen-bond donors (Lipinski definition) is 0. The normalized spacial score (nSPS) is 61.5.